The van der Waals surface area contributed by atoms with Gasteiger partial charge in [0.1, 0.15) is 0 Å². The number of aromatic nitrogens is 1. The number of rotatable bonds is 9. The van der Waals surface area contributed by atoms with E-state index in [2.05, 4.69) is 11.9 Å². The molecule has 1 N–H and O–H groups in total. The molecule has 0 spiro atoms. The molecule has 28 heavy (non-hydrogen) atoms. The van der Waals surface area contributed by atoms with Crippen LogP contribution in [0.4, 0.5) is 13.2 Å². The molecule has 0 aliphatic heterocycles. The molecule has 0 radical (unpaired) electrons. The number of alkyl halides is 3. The summed E-state index contributed by atoms with van der Waals surface area (Å²) in [6.45, 7) is 4.05. The van der Waals surface area contributed by atoms with Gasteiger partial charge in [0.2, 0.25) is 0 Å². The summed E-state index contributed by atoms with van der Waals surface area (Å²) in [6, 6.07) is 10.1. The van der Waals surface area contributed by atoms with Crippen LogP contribution in [-0.4, -0.2) is 10.1 Å². The van der Waals surface area contributed by atoms with Gasteiger partial charge in [-0.05, 0) is 19.4 Å². The minimum absolute atomic E-state index is 0. The first kappa shape index (κ1) is 24.5. The van der Waals surface area contributed by atoms with Crippen molar-refractivity contribution in [1.29, 1.82) is 0 Å². The zero-order valence-corrected chi connectivity index (χ0v) is 17.5. The average Bonchev–Trinajstić information content (AvgIpc) is 2.64. The normalized spacial score (nSPS) is 12.5. The molecule has 0 saturated heterocycles. The Hall–Kier alpha value is -1.53. The zero-order valence-electron chi connectivity index (χ0n) is 16.5. The number of hydrogen-bond donors (Lipinski definition) is 1. The molecule has 0 fully saturated rings. The van der Waals surface area contributed by atoms with Gasteiger partial charge in [0.25, 0.3) is 0 Å². The lowest BCUT2D eigenvalue weighted by Crippen LogP contribution is -2.15. The van der Waals surface area contributed by atoms with Crippen molar-refractivity contribution in [3.8, 4) is 11.3 Å². The average molecular weight is 414 g/mol. The number of aliphatic hydroxyl groups is 1. The fourth-order valence-corrected chi connectivity index (χ4v) is 3.12. The van der Waals surface area contributed by atoms with E-state index in [4.69, 9.17) is 0 Å². The van der Waals surface area contributed by atoms with Crippen molar-refractivity contribution in [3.63, 3.8) is 0 Å². The van der Waals surface area contributed by atoms with E-state index < -0.39 is 18.0 Å². The Morgan fingerprint density at radius 3 is 2.14 bits per heavy atom. The van der Waals surface area contributed by atoms with E-state index in [0.717, 1.165) is 31.2 Å². The first-order valence-corrected chi connectivity index (χ1v) is 9.66. The molecule has 6 heteroatoms. The third-order valence-electron chi connectivity index (χ3n) is 4.73. The smallest absolute Gasteiger partial charge is 0.388 e. The Kier molecular flexibility index (Phi) is 10.0. The maximum atomic E-state index is 13.5. The number of benzene rings is 1. The third-order valence-corrected chi connectivity index (χ3v) is 4.73. The number of aryl methyl sites for hydroxylation is 1. The third kappa shape index (κ3) is 7.13. The van der Waals surface area contributed by atoms with Gasteiger partial charge in [0, 0.05) is 11.1 Å². The SMILES string of the molecule is CCCCCCCC[C@@H](O)c1ccc(-c2ccc(C)cc2)nc1C(F)(F)F.S. The monoisotopic (exact) mass is 413 g/mol. The molecule has 0 aliphatic carbocycles. The van der Waals surface area contributed by atoms with Crippen molar-refractivity contribution in [1.82, 2.24) is 4.98 Å². The van der Waals surface area contributed by atoms with Crippen LogP contribution in [0.2, 0.25) is 0 Å². The minimum atomic E-state index is -4.60. The highest BCUT2D eigenvalue weighted by Gasteiger charge is 2.37. The van der Waals surface area contributed by atoms with E-state index in [1.807, 2.05) is 19.1 Å². The van der Waals surface area contributed by atoms with Gasteiger partial charge in [-0.25, -0.2) is 4.98 Å². The van der Waals surface area contributed by atoms with Gasteiger partial charge >= 0.3 is 6.18 Å². The molecule has 1 aromatic carbocycles. The fourth-order valence-electron chi connectivity index (χ4n) is 3.12. The second kappa shape index (κ2) is 11.5. The van der Waals surface area contributed by atoms with Crippen molar-refractivity contribution in [2.75, 3.05) is 0 Å². The summed E-state index contributed by atoms with van der Waals surface area (Å²) in [5.74, 6) is 0. The van der Waals surface area contributed by atoms with Crippen molar-refractivity contribution in [3.05, 3.63) is 53.2 Å². The number of nitrogens with zero attached hydrogens (tertiary/aromatic N) is 1. The summed E-state index contributed by atoms with van der Waals surface area (Å²) in [5.41, 5.74) is 0.799. The number of aliphatic hydroxyl groups excluding tert-OH is 1. The molecule has 0 bridgehead atoms. The maximum absolute atomic E-state index is 13.5. The Morgan fingerprint density at radius 2 is 1.54 bits per heavy atom. The van der Waals surface area contributed by atoms with Gasteiger partial charge in [-0.15, -0.1) is 0 Å². The standard InChI is InChI=1S/C22H28F3NO.H2S/c1-3-4-5-6-7-8-9-20(27)18-14-15-19(26-21(18)22(23,24)25)17-12-10-16(2)11-13-17;/h10-15,20,27H,3-9H2,1-2H3;1H2/t20-;/m1./s1. The van der Waals surface area contributed by atoms with Crippen LogP contribution in [0.25, 0.3) is 11.3 Å². The van der Waals surface area contributed by atoms with Crippen molar-refractivity contribution < 1.29 is 18.3 Å². The highest BCUT2D eigenvalue weighted by Crippen LogP contribution is 2.36. The number of unbranched alkanes of at least 4 members (excludes halogenated alkanes) is 5. The molecular weight excluding hydrogens is 383 g/mol. The molecule has 0 amide bonds. The Morgan fingerprint density at radius 1 is 0.929 bits per heavy atom. The van der Waals surface area contributed by atoms with Crippen LogP contribution in [0.3, 0.4) is 0 Å². The molecule has 156 valence electrons. The number of halogens is 3. The van der Waals surface area contributed by atoms with Crippen molar-refractivity contribution in [2.24, 2.45) is 0 Å². The highest BCUT2D eigenvalue weighted by atomic mass is 32.1. The van der Waals surface area contributed by atoms with Gasteiger partial charge in [0.05, 0.1) is 11.8 Å². The Bertz CT molecular complexity index is 717. The van der Waals surface area contributed by atoms with Crippen LogP contribution >= 0.6 is 13.5 Å². The van der Waals surface area contributed by atoms with E-state index >= 15 is 0 Å². The van der Waals surface area contributed by atoms with Crippen LogP contribution in [0.1, 0.15) is 74.8 Å². The molecule has 0 saturated carbocycles. The van der Waals surface area contributed by atoms with E-state index in [0.29, 0.717) is 18.4 Å². The second-order valence-electron chi connectivity index (χ2n) is 7.07. The Labute approximate surface area is 172 Å². The minimum Gasteiger partial charge on any atom is -0.388 e. The topological polar surface area (TPSA) is 33.1 Å². The summed E-state index contributed by atoms with van der Waals surface area (Å²) in [4.78, 5) is 3.85. The summed E-state index contributed by atoms with van der Waals surface area (Å²) in [6.07, 6.45) is 0.715. The van der Waals surface area contributed by atoms with Crippen molar-refractivity contribution in [2.45, 2.75) is 71.1 Å². The van der Waals surface area contributed by atoms with Gasteiger partial charge in [-0.1, -0.05) is 81.3 Å². The van der Waals surface area contributed by atoms with Crippen LogP contribution in [0.15, 0.2) is 36.4 Å². The van der Waals surface area contributed by atoms with Gasteiger partial charge < -0.3 is 5.11 Å². The summed E-state index contributed by atoms with van der Waals surface area (Å²) < 4.78 is 40.6. The van der Waals surface area contributed by atoms with Crippen LogP contribution < -0.4 is 0 Å². The Balaban J connectivity index is 0.00000392. The maximum Gasteiger partial charge on any atom is 0.433 e. The predicted molar refractivity (Wildman–Crippen MR) is 113 cm³/mol. The van der Waals surface area contributed by atoms with Gasteiger partial charge in [0.15, 0.2) is 5.69 Å². The molecule has 0 aliphatic rings. The highest BCUT2D eigenvalue weighted by molar-refractivity contribution is 7.59. The number of pyridine rings is 1. The lowest BCUT2D eigenvalue weighted by molar-refractivity contribution is -0.142. The van der Waals surface area contributed by atoms with E-state index in [1.54, 1.807) is 18.2 Å². The van der Waals surface area contributed by atoms with E-state index in [9.17, 15) is 18.3 Å². The largest absolute Gasteiger partial charge is 0.433 e. The lowest BCUT2D eigenvalue weighted by Gasteiger charge is -2.18. The fraction of sp³-hybridized carbons (Fsp3) is 0.500. The van der Waals surface area contributed by atoms with E-state index in [1.165, 1.54) is 12.5 Å². The molecule has 1 heterocycles. The molecule has 0 unspecified atom stereocenters. The first-order valence-electron chi connectivity index (χ1n) is 9.66. The molecule has 2 aromatic rings. The molecule has 2 nitrogen and oxygen atoms in total. The first-order chi connectivity index (χ1) is 12.8. The second-order valence-corrected chi connectivity index (χ2v) is 7.07. The molecule has 1 aromatic heterocycles. The number of hydrogen-bond acceptors (Lipinski definition) is 2. The summed E-state index contributed by atoms with van der Waals surface area (Å²) in [7, 11) is 0. The van der Waals surface area contributed by atoms with Gasteiger partial charge in [-0.3, -0.25) is 0 Å². The summed E-state index contributed by atoms with van der Waals surface area (Å²) >= 11 is 0. The predicted octanol–water partition coefficient (Wildman–Crippen LogP) is 6.97. The zero-order chi connectivity index (χ0) is 19.9. The summed E-state index contributed by atoms with van der Waals surface area (Å²) in [5, 5.41) is 10.3. The van der Waals surface area contributed by atoms with E-state index in [-0.39, 0.29) is 24.8 Å². The lowest BCUT2D eigenvalue weighted by atomic mass is 9.99. The van der Waals surface area contributed by atoms with Crippen molar-refractivity contribution >= 4 is 13.5 Å². The van der Waals surface area contributed by atoms with Gasteiger partial charge in [-0.2, -0.15) is 26.7 Å². The van der Waals surface area contributed by atoms with Crippen LogP contribution in [-0.2, 0) is 6.18 Å². The molecule has 2 rings (SSSR count). The quantitative estimate of drug-likeness (QED) is 0.450. The molecule has 1 atom stereocenters. The molecular formula is C22H30F3NOS. The van der Waals surface area contributed by atoms with Crippen LogP contribution in [0.5, 0.6) is 0 Å². The van der Waals surface area contributed by atoms with Crippen LogP contribution in [0, 0.1) is 6.92 Å².